The third-order valence-electron chi connectivity index (χ3n) is 3.70. The van der Waals surface area contributed by atoms with Gasteiger partial charge in [0.05, 0.1) is 18.6 Å². The van der Waals surface area contributed by atoms with Gasteiger partial charge in [-0.25, -0.2) is 0 Å². The quantitative estimate of drug-likeness (QED) is 0.836. The first kappa shape index (κ1) is 14.4. The number of hydrogen-bond acceptors (Lipinski definition) is 4. The molecule has 1 aromatic carbocycles. The Kier molecular flexibility index (Phi) is 4.27. The fraction of sp³-hybridized carbons (Fsp3) is 0.467. The molecule has 0 saturated carbocycles. The van der Waals surface area contributed by atoms with E-state index in [1.165, 1.54) is 7.11 Å². The molecule has 1 amide bonds. The van der Waals surface area contributed by atoms with Crippen LogP contribution in [-0.2, 0) is 9.53 Å². The number of carbonyl (C=O) groups excluding carboxylic acids is 2. The Labute approximate surface area is 118 Å². The molecule has 108 valence electrons. The molecule has 0 aromatic heterocycles. The smallest absolute Gasteiger partial charge is 0.308 e. The van der Waals surface area contributed by atoms with Gasteiger partial charge in [0.1, 0.15) is 5.75 Å². The average molecular weight is 277 g/mol. The van der Waals surface area contributed by atoms with Crippen LogP contribution in [0.2, 0.25) is 0 Å². The fourth-order valence-electron chi connectivity index (χ4n) is 2.48. The lowest BCUT2D eigenvalue weighted by molar-refractivity contribution is -0.146. The zero-order chi connectivity index (χ0) is 14.7. The molecule has 0 atom stereocenters. The van der Waals surface area contributed by atoms with Crippen LogP contribution in [0.5, 0.6) is 5.75 Å². The van der Waals surface area contributed by atoms with Crippen molar-refractivity contribution in [3.8, 4) is 5.75 Å². The Morgan fingerprint density at radius 1 is 1.30 bits per heavy atom. The van der Waals surface area contributed by atoms with Gasteiger partial charge in [-0.1, -0.05) is 6.07 Å². The maximum Gasteiger partial charge on any atom is 0.308 e. The first-order chi connectivity index (χ1) is 9.52. The molecular formula is C15H19NO4. The second-order valence-electron chi connectivity index (χ2n) is 5.11. The van der Waals surface area contributed by atoms with Gasteiger partial charge in [0.25, 0.3) is 5.91 Å². The lowest BCUT2D eigenvalue weighted by Crippen LogP contribution is -2.40. The zero-order valence-electron chi connectivity index (χ0n) is 11.8. The minimum Gasteiger partial charge on any atom is -0.507 e. The van der Waals surface area contributed by atoms with Crippen LogP contribution in [0.15, 0.2) is 18.2 Å². The molecule has 1 aliphatic rings. The van der Waals surface area contributed by atoms with Gasteiger partial charge in [0.2, 0.25) is 0 Å². The minimum atomic E-state index is -0.213. The first-order valence-electron chi connectivity index (χ1n) is 6.69. The van der Waals surface area contributed by atoms with Gasteiger partial charge in [-0.3, -0.25) is 9.59 Å². The SMILES string of the molecule is COC(=O)C1CCN(C(=O)c2ccc(C)cc2O)CC1. The van der Waals surface area contributed by atoms with Crippen molar-refractivity contribution < 1.29 is 19.4 Å². The number of phenols is 1. The monoisotopic (exact) mass is 277 g/mol. The summed E-state index contributed by atoms with van der Waals surface area (Å²) in [4.78, 5) is 25.4. The Hall–Kier alpha value is -2.04. The van der Waals surface area contributed by atoms with E-state index in [0.29, 0.717) is 31.5 Å². The zero-order valence-corrected chi connectivity index (χ0v) is 11.8. The lowest BCUT2D eigenvalue weighted by Gasteiger charge is -2.30. The number of hydrogen-bond donors (Lipinski definition) is 1. The van der Waals surface area contributed by atoms with E-state index in [9.17, 15) is 14.7 Å². The van der Waals surface area contributed by atoms with Crippen molar-refractivity contribution in [1.82, 2.24) is 4.90 Å². The summed E-state index contributed by atoms with van der Waals surface area (Å²) in [7, 11) is 1.38. The van der Waals surface area contributed by atoms with E-state index in [2.05, 4.69) is 0 Å². The molecule has 0 unspecified atom stereocenters. The Bertz CT molecular complexity index is 519. The molecule has 0 aliphatic carbocycles. The normalized spacial score (nSPS) is 16.0. The predicted molar refractivity (Wildman–Crippen MR) is 73.5 cm³/mol. The molecular weight excluding hydrogens is 258 g/mol. The molecule has 1 saturated heterocycles. The molecule has 0 radical (unpaired) electrons. The number of nitrogens with zero attached hydrogens (tertiary/aromatic N) is 1. The highest BCUT2D eigenvalue weighted by Crippen LogP contribution is 2.24. The van der Waals surface area contributed by atoms with Crippen LogP contribution in [0.1, 0.15) is 28.8 Å². The van der Waals surface area contributed by atoms with Crippen LogP contribution in [0, 0.1) is 12.8 Å². The van der Waals surface area contributed by atoms with E-state index in [0.717, 1.165) is 5.56 Å². The number of rotatable bonds is 2. The van der Waals surface area contributed by atoms with Gasteiger partial charge in [0, 0.05) is 13.1 Å². The van der Waals surface area contributed by atoms with Crippen LogP contribution in [0.4, 0.5) is 0 Å². The second-order valence-corrected chi connectivity index (χ2v) is 5.11. The molecule has 1 aromatic rings. The number of ether oxygens (including phenoxy) is 1. The maximum absolute atomic E-state index is 12.3. The van der Waals surface area contributed by atoms with Crippen molar-refractivity contribution in [1.29, 1.82) is 0 Å². The molecule has 1 fully saturated rings. The number of aromatic hydroxyl groups is 1. The molecule has 1 heterocycles. The number of benzene rings is 1. The Morgan fingerprint density at radius 2 is 1.95 bits per heavy atom. The van der Waals surface area contributed by atoms with E-state index in [-0.39, 0.29) is 23.5 Å². The Morgan fingerprint density at radius 3 is 2.50 bits per heavy atom. The summed E-state index contributed by atoms with van der Waals surface area (Å²) in [6.07, 6.45) is 1.20. The van der Waals surface area contributed by atoms with Crippen LogP contribution < -0.4 is 0 Å². The van der Waals surface area contributed by atoms with Crippen molar-refractivity contribution in [2.45, 2.75) is 19.8 Å². The highest BCUT2D eigenvalue weighted by Gasteiger charge is 2.29. The summed E-state index contributed by atoms with van der Waals surface area (Å²) in [5.74, 6) is -0.526. The number of likely N-dealkylation sites (tertiary alicyclic amines) is 1. The molecule has 20 heavy (non-hydrogen) atoms. The van der Waals surface area contributed by atoms with E-state index in [1.54, 1.807) is 23.1 Å². The van der Waals surface area contributed by atoms with Gasteiger partial charge in [0.15, 0.2) is 0 Å². The van der Waals surface area contributed by atoms with Crippen molar-refractivity contribution in [3.05, 3.63) is 29.3 Å². The largest absolute Gasteiger partial charge is 0.507 e. The van der Waals surface area contributed by atoms with Crippen molar-refractivity contribution >= 4 is 11.9 Å². The van der Waals surface area contributed by atoms with E-state index >= 15 is 0 Å². The second kappa shape index (κ2) is 5.94. The standard InChI is InChI=1S/C15H19NO4/c1-10-3-4-12(13(17)9-10)14(18)16-7-5-11(6-8-16)15(19)20-2/h3-4,9,11,17H,5-8H2,1-2H3. The number of amides is 1. The number of carbonyl (C=O) groups is 2. The molecule has 5 nitrogen and oxygen atoms in total. The van der Waals surface area contributed by atoms with Crippen molar-refractivity contribution in [2.75, 3.05) is 20.2 Å². The van der Waals surface area contributed by atoms with Gasteiger partial charge in [-0.05, 0) is 37.5 Å². The third kappa shape index (κ3) is 2.92. The number of esters is 1. The minimum absolute atomic E-state index is 0.00471. The van der Waals surface area contributed by atoms with Crippen LogP contribution in [0.25, 0.3) is 0 Å². The van der Waals surface area contributed by atoms with Gasteiger partial charge in [-0.15, -0.1) is 0 Å². The number of phenolic OH excluding ortho intramolecular Hbond substituents is 1. The average Bonchev–Trinajstić information content (AvgIpc) is 2.46. The molecule has 0 spiro atoms. The fourth-order valence-corrected chi connectivity index (χ4v) is 2.48. The topological polar surface area (TPSA) is 66.8 Å². The molecule has 0 bridgehead atoms. The molecule has 2 rings (SSSR count). The summed E-state index contributed by atoms with van der Waals surface area (Å²) in [6.45, 7) is 2.87. The van der Waals surface area contributed by atoms with Crippen LogP contribution >= 0.6 is 0 Å². The summed E-state index contributed by atoms with van der Waals surface area (Å²) in [5.41, 5.74) is 1.22. The van der Waals surface area contributed by atoms with E-state index < -0.39 is 0 Å². The molecule has 1 aliphatic heterocycles. The summed E-state index contributed by atoms with van der Waals surface area (Å²) < 4.78 is 4.72. The third-order valence-corrected chi connectivity index (χ3v) is 3.70. The Balaban J connectivity index is 2.03. The predicted octanol–water partition coefficient (Wildman–Crippen LogP) is 1.73. The van der Waals surface area contributed by atoms with E-state index in [4.69, 9.17) is 4.74 Å². The van der Waals surface area contributed by atoms with Gasteiger partial charge < -0.3 is 14.7 Å². The highest BCUT2D eigenvalue weighted by molar-refractivity contribution is 5.97. The maximum atomic E-state index is 12.3. The van der Waals surface area contributed by atoms with Crippen molar-refractivity contribution in [3.63, 3.8) is 0 Å². The highest BCUT2D eigenvalue weighted by atomic mass is 16.5. The molecule has 1 N–H and O–H groups in total. The molecule has 5 heteroatoms. The number of methoxy groups -OCH3 is 1. The van der Waals surface area contributed by atoms with Gasteiger partial charge in [-0.2, -0.15) is 0 Å². The number of piperidine rings is 1. The van der Waals surface area contributed by atoms with Crippen LogP contribution in [0.3, 0.4) is 0 Å². The summed E-state index contributed by atoms with van der Waals surface area (Å²) in [6, 6.07) is 5.02. The van der Waals surface area contributed by atoms with Crippen LogP contribution in [-0.4, -0.2) is 42.1 Å². The lowest BCUT2D eigenvalue weighted by atomic mass is 9.96. The first-order valence-corrected chi connectivity index (χ1v) is 6.69. The van der Waals surface area contributed by atoms with E-state index in [1.807, 2.05) is 6.92 Å². The summed E-state index contributed by atoms with van der Waals surface area (Å²) in [5, 5.41) is 9.85. The van der Waals surface area contributed by atoms with Crippen molar-refractivity contribution in [2.24, 2.45) is 5.92 Å². The van der Waals surface area contributed by atoms with Gasteiger partial charge >= 0.3 is 5.97 Å². The number of aryl methyl sites for hydroxylation is 1. The summed E-state index contributed by atoms with van der Waals surface area (Å²) >= 11 is 0.